The van der Waals surface area contributed by atoms with E-state index in [1.807, 2.05) is 4.68 Å². The van der Waals surface area contributed by atoms with Gasteiger partial charge in [-0.25, -0.2) is 4.68 Å². The first-order chi connectivity index (χ1) is 15.3. The van der Waals surface area contributed by atoms with Crippen LogP contribution in [0.3, 0.4) is 0 Å². The minimum atomic E-state index is 0.0501. The van der Waals surface area contributed by atoms with Gasteiger partial charge in [0.25, 0.3) is 0 Å². The van der Waals surface area contributed by atoms with Gasteiger partial charge in [-0.15, -0.1) is 0 Å². The summed E-state index contributed by atoms with van der Waals surface area (Å²) in [6.07, 6.45) is 24.0. The Bertz CT molecular complexity index is 882. The molecule has 3 heteroatoms. The Kier molecular flexibility index (Phi) is 6.75. The van der Waals surface area contributed by atoms with E-state index in [1.54, 1.807) is 0 Å². The largest absolute Gasteiger partial charge is 0.240 e. The number of aromatic nitrogens is 2. The lowest BCUT2D eigenvalue weighted by molar-refractivity contribution is 0.479. The Hall–Kier alpha value is -1.66. The van der Waals surface area contributed by atoms with E-state index in [4.69, 9.17) is 5.10 Å². The third-order valence-corrected chi connectivity index (χ3v) is 11.8. The Morgan fingerprint density at radius 3 is 2.16 bits per heavy atom. The van der Waals surface area contributed by atoms with Crippen LogP contribution in [-0.4, -0.2) is 26.8 Å². The number of rotatable bonds is 6. The predicted molar refractivity (Wildman–Crippen MR) is 134 cm³/mol. The van der Waals surface area contributed by atoms with Crippen molar-refractivity contribution in [3.05, 3.63) is 66.5 Å². The van der Waals surface area contributed by atoms with Crippen LogP contribution < -0.4 is 0 Å². The molecule has 31 heavy (non-hydrogen) atoms. The minimum absolute atomic E-state index is 0.0501. The van der Waals surface area contributed by atoms with Crippen LogP contribution in [0.2, 0.25) is 0 Å². The standard InChI is InChI=1S/C28H37N2P/c1-22(31(24-14-7-3-8-15-24)25-16-9-4-10-17-25)26-18-11-19-27(26)28-20-21-30(29-28)23-12-5-2-6-13-23/h2,5-6,11-13,18-22,24-26H,3-4,7-10,14-17H2,1H3/t22-,26-/m1/s1. The van der Waals surface area contributed by atoms with Crippen LogP contribution in [0.5, 0.6) is 0 Å². The molecule has 2 nitrogen and oxygen atoms in total. The molecule has 1 aromatic heterocycles. The molecule has 0 saturated heterocycles. The van der Waals surface area contributed by atoms with Crippen molar-refractivity contribution in [3.63, 3.8) is 0 Å². The van der Waals surface area contributed by atoms with E-state index in [0.717, 1.165) is 28.4 Å². The average Bonchev–Trinajstić information content (AvgIpc) is 3.51. The maximum Gasteiger partial charge on any atom is 0.0893 e. The Labute approximate surface area is 189 Å². The second-order valence-electron chi connectivity index (χ2n) is 9.79. The van der Waals surface area contributed by atoms with Crippen molar-refractivity contribution in [1.29, 1.82) is 0 Å². The topological polar surface area (TPSA) is 17.8 Å². The van der Waals surface area contributed by atoms with Gasteiger partial charge in [-0.05, 0) is 66.4 Å². The third-order valence-electron chi connectivity index (χ3n) is 7.84. The molecule has 3 aliphatic carbocycles. The maximum absolute atomic E-state index is 5.00. The van der Waals surface area contributed by atoms with Crippen LogP contribution in [0, 0.1) is 5.92 Å². The third kappa shape index (κ3) is 4.61. The molecule has 1 heterocycles. The molecule has 2 saturated carbocycles. The zero-order valence-corrected chi connectivity index (χ0v) is 19.9. The van der Waals surface area contributed by atoms with Gasteiger partial charge in [0.2, 0.25) is 0 Å². The molecule has 3 aliphatic rings. The van der Waals surface area contributed by atoms with Gasteiger partial charge in [0, 0.05) is 12.1 Å². The second-order valence-corrected chi connectivity index (χ2v) is 13.0. The van der Waals surface area contributed by atoms with Crippen molar-refractivity contribution in [1.82, 2.24) is 9.78 Å². The highest BCUT2D eigenvalue weighted by Crippen LogP contribution is 2.62. The molecule has 164 valence electrons. The number of hydrogen-bond acceptors (Lipinski definition) is 1. The summed E-state index contributed by atoms with van der Waals surface area (Å²) in [5, 5.41) is 5.00. The number of benzene rings is 1. The monoisotopic (exact) mass is 432 g/mol. The summed E-state index contributed by atoms with van der Waals surface area (Å²) in [5.74, 6) is 0.536. The molecule has 5 rings (SSSR count). The quantitative estimate of drug-likeness (QED) is 0.423. The van der Waals surface area contributed by atoms with Crippen LogP contribution >= 0.6 is 7.92 Å². The van der Waals surface area contributed by atoms with Crippen LogP contribution in [0.4, 0.5) is 0 Å². The predicted octanol–water partition coefficient (Wildman–Crippen LogP) is 7.98. The van der Waals surface area contributed by atoms with Crippen LogP contribution in [0.1, 0.15) is 76.8 Å². The molecular weight excluding hydrogens is 395 g/mol. The van der Waals surface area contributed by atoms with E-state index < -0.39 is 0 Å². The summed E-state index contributed by atoms with van der Waals surface area (Å²) in [7, 11) is 0.0501. The first-order valence-corrected chi connectivity index (χ1v) is 14.1. The molecule has 2 aromatic rings. The summed E-state index contributed by atoms with van der Waals surface area (Å²) in [6.45, 7) is 2.59. The highest BCUT2D eigenvalue weighted by Gasteiger charge is 2.38. The lowest BCUT2D eigenvalue weighted by Crippen LogP contribution is -2.29. The molecule has 2 fully saturated rings. The van der Waals surface area contributed by atoms with Crippen LogP contribution in [0.25, 0.3) is 11.3 Å². The van der Waals surface area contributed by atoms with E-state index in [9.17, 15) is 0 Å². The number of nitrogens with zero attached hydrogens (tertiary/aromatic N) is 2. The highest BCUT2D eigenvalue weighted by molar-refractivity contribution is 7.60. The SMILES string of the molecule is C[C@H]([C@H]1C=CC=C1c1ccn(-c2ccccc2)n1)P(C1CCCCC1)C1CCCCC1. The molecule has 0 N–H and O–H groups in total. The van der Waals surface area contributed by atoms with Gasteiger partial charge in [0.15, 0.2) is 0 Å². The molecular formula is C28H37N2P. The number of hydrogen-bond donors (Lipinski definition) is 0. The van der Waals surface area contributed by atoms with Crippen LogP contribution in [-0.2, 0) is 0 Å². The lowest BCUT2D eigenvalue weighted by Gasteiger charge is -2.44. The molecule has 0 bridgehead atoms. The Morgan fingerprint density at radius 1 is 0.871 bits per heavy atom. The molecule has 2 atom stereocenters. The Morgan fingerprint density at radius 2 is 1.52 bits per heavy atom. The van der Waals surface area contributed by atoms with Gasteiger partial charge < -0.3 is 0 Å². The number of para-hydroxylation sites is 1. The molecule has 0 spiro atoms. The minimum Gasteiger partial charge on any atom is -0.240 e. The lowest BCUT2D eigenvalue weighted by atomic mass is 9.97. The van der Waals surface area contributed by atoms with Crippen molar-refractivity contribution in [2.45, 2.75) is 88.1 Å². The van der Waals surface area contributed by atoms with E-state index in [-0.39, 0.29) is 7.92 Å². The van der Waals surface area contributed by atoms with Crippen molar-refractivity contribution in [3.8, 4) is 5.69 Å². The smallest absolute Gasteiger partial charge is 0.0893 e. The average molecular weight is 433 g/mol. The fourth-order valence-corrected chi connectivity index (χ4v) is 10.8. The zero-order chi connectivity index (χ0) is 21.0. The summed E-state index contributed by atoms with van der Waals surface area (Å²) < 4.78 is 2.03. The molecule has 0 radical (unpaired) electrons. The fraction of sp³-hybridized carbons (Fsp3) is 0.536. The van der Waals surface area contributed by atoms with Crippen LogP contribution in [0.15, 0.2) is 60.8 Å². The highest BCUT2D eigenvalue weighted by atomic mass is 31.1. The summed E-state index contributed by atoms with van der Waals surface area (Å²) in [5.41, 5.74) is 6.50. The van der Waals surface area contributed by atoms with Crippen molar-refractivity contribution in [2.24, 2.45) is 5.92 Å². The molecule has 0 aliphatic heterocycles. The summed E-state index contributed by atoms with van der Waals surface area (Å²) in [4.78, 5) is 0. The molecule has 0 amide bonds. The normalized spacial score (nSPS) is 23.9. The van der Waals surface area contributed by atoms with Gasteiger partial charge in [-0.1, -0.05) is 89.8 Å². The van der Waals surface area contributed by atoms with Gasteiger partial charge in [0.05, 0.1) is 11.4 Å². The van der Waals surface area contributed by atoms with Gasteiger partial charge in [0.1, 0.15) is 0 Å². The Balaban J connectivity index is 1.39. The molecule has 1 aromatic carbocycles. The van der Waals surface area contributed by atoms with Crippen molar-refractivity contribution < 1.29 is 0 Å². The van der Waals surface area contributed by atoms with E-state index in [1.165, 1.54) is 69.8 Å². The van der Waals surface area contributed by atoms with E-state index >= 15 is 0 Å². The summed E-state index contributed by atoms with van der Waals surface area (Å²) >= 11 is 0. The van der Waals surface area contributed by atoms with Crippen molar-refractivity contribution >= 4 is 13.5 Å². The first kappa shape index (κ1) is 21.2. The van der Waals surface area contributed by atoms with Crippen molar-refractivity contribution in [2.75, 3.05) is 0 Å². The summed E-state index contributed by atoms with van der Waals surface area (Å²) in [6, 6.07) is 12.7. The first-order valence-electron chi connectivity index (χ1n) is 12.6. The van der Waals surface area contributed by atoms with Gasteiger partial charge in [-0.3, -0.25) is 0 Å². The van der Waals surface area contributed by atoms with E-state index in [2.05, 4.69) is 67.7 Å². The second kappa shape index (κ2) is 9.86. The number of allylic oxidation sites excluding steroid dienone is 4. The van der Waals surface area contributed by atoms with Gasteiger partial charge >= 0.3 is 0 Å². The maximum atomic E-state index is 5.00. The fourth-order valence-electron chi connectivity index (χ4n) is 6.28. The van der Waals surface area contributed by atoms with E-state index in [0.29, 0.717) is 5.92 Å². The van der Waals surface area contributed by atoms with Gasteiger partial charge in [-0.2, -0.15) is 5.10 Å². The molecule has 0 unspecified atom stereocenters. The zero-order valence-electron chi connectivity index (χ0n) is 19.0.